The zero-order valence-corrected chi connectivity index (χ0v) is 21.2. The molecule has 37 heavy (non-hydrogen) atoms. The van der Waals surface area contributed by atoms with Crippen LogP contribution in [0.2, 0.25) is 0 Å². The summed E-state index contributed by atoms with van der Waals surface area (Å²) in [5.74, 6) is -0.454. The number of fused-ring (bicyclic) bond motifs is 2. The van der Waals surface area contributed by atoms with E-state index in [1.807, 2.05) is 73.7 Å². The Hall–Kier alpha value is -4.39. The van der Waals surface area contributed by atoms with Gasteiger partial charge in [-0.15, -0.1) is 0 Å². The van der Waals surface area contributed by atoms with Crippen LogP contribution >= 0.6 is 0 Å². The van der Waals surface area contributed by atoms with Crippen LogP contribution in [0.5, 0.6) is 0 Å². The van der Waals surface area contributed by atoms with E-state index in [9.17, 15) is 14.4 Å². The number of aromatic nitrogens is 1. The quantitative estimate of drug-likeness (QED) is 0.368. The van der Waals surface area contributed by atoms with Gasteiger partial charge in [-0.3, -0.25) is 14.2 Å². The van der Waals surface area contributed by atoms with Crippen LogP contribution < -0.4 is 4.90 Å². The minimum atomic E-state index is -1.56. The van der Waals surface area contributed by atoms with E-state index in [0.717, 1.165) is 28.6 Å². The zero-order valence-electron chi connectivity index (χ0n) is 21.2. The number of ether oxygens (including phenoxy) is 1. The van der Waals surface area contributed by atoms with Crippen LogP contribution in [-0.2, 0) is 21.6 Å². The Morgan fingerprint density at radius 1 is 0.919 bits per heavy atom. The lowest BCUT2D eigenvalue weighted by Crippen LogP contribution is -2.47. The van der Waals surface area contributed by atoms with E-state index in [0.29, 0.717) is 17.7 Å². The molecule has 2 amide bonds. The molecule has 0 fully saturated rings. The fourth-order valence-corrected chi connectivity index (χ4v) is 5.03. The van der Waals surface area contributed by atoms with Crippen molar-refractivity contribution in [1.82, 2.24) is 9.47 Å². The van der Waals surface area contributed by atoms with Crippen molar-refractivity contribution in [3.63, 3.8) is 0 Å². The predicted molar refractivity (Wildman–Crippen MR) is 143 cm³/mol. The third-order valence-electron chi connectivity index (χ3n) is 6.77. The maximum absolute atomic E-state index is 14.1. The summed E-state index contributed by atoms with van der Waals surface area (Å²) >= 11 is 0. The lowest BCUT2D eigenvalue weighted by Gasteiger charge is -2.30. The molecule has 7 heteroatoms. The monoisotopic (exact) mass is 495 g/mol. The van der Waals surface area contributed by atoms with Gasteiger partial charge in [0.05, 0.1) is 11.2 Å². The molecule has 0 radical (unpaired) electrons. The van der Waals surface area contributed by atoms with E-state index in [2.05, 4.69) is 0 Å². The highest BCUT2D eigenvalue weighted by atomic mass is 16.6. The topological polar surface area (TPSA) is 71.9 Å². The summed E-state index contributed by atoms with van der Waals surface area (Å²) in [6.45, 7) is 2.51. The first-order chi connectivity index (χ1) is 17.9. The molecular formula is C30H29N3O4. The van der Waals surface area contributed by atoms with Crippen molar-refractivity contribution in [3.8, 4) is 0 Å². The third-order valence-corrected chi connectivity index (χ3v) is 6.77. The van der Waals surface area contributed by atoms with Gasteiger partial charge in [0.2, 0.25) is 5.60 Å². The molecule has 4 aromatic rings. The molecule has 1 atom stereocenters. The van der Waals surface area contributed by atoms with Crippen LogP contribution in [0.3, 0.4) is 0 Å². The number of nitrogens with zero attached hydrogens (tertiary/aromatic N) is 3. The average Bonchev–Trinajstić information content (AvgIpc) is 3.38. The number of rotatable bonds is 6. The smallest absolute Gasteiger partial charge is 0.410 e. The highest BCUT2D eigenvalue weighted by Gasteiger charge is 2.54. The Bertz CT molecular complexity index is 1490. The Morgan fingerprint density at radius 2 is 1.59 bits per heavy atom. The first-order valence-corrected chi connectivity index (χ1v) is 12.4. The molecule has 1 aliphatic rings. The van der Waals surface area contributed by atoms with E-state index in [4.69, 9.17) is 4.74 Å². The van der Waals surface area contributed by atoms with Gasteiger partial charge in [-0.1, -0.05) is 61.5 Å². The Kier molecular flexibility index (Phi) is 6.29. The van der Waals surface area contributed by atoms with Gasteiger partial charge in [0, 0.05) is 49.8 Å². The van der Waals surface area contributed by atoms with Crippen LogP contribution in [0.25, 0.3) is 10.9 Å². The normalized spacial score (nSPS) is 16.6. The molecule has 1 unspecified atom stereocenters. The molecule has 0 aliphatic carbocycles. The fourth-order valence-electron chi connectivity index (χ4n) is 5.03. The largest absolute Gasteiger partial charge is 0.427 e. The lowest BCUT2D eigenvalue weighted by molar-refractivity contribution is -0.137. The van der Waals surface area contributed by atoms with Crippen molar-refractivity contribution < 1.29 is 19.1 Å². The average molecular weight is 496 g/mol. The molecule has 1 aliphatic heterocycles. The molecule has 0 N–H and O–H groups in total. The molecule has 188 valence electrons. The molecule has 2 heterocycles. The number of hydrogen-bond donors (Lipinski definition) is 0. The van der Waals surface area contributed by atoms with Gasteiger partial charge >= 0.3 is 6.09 Å². The molecule has 0 saturated carbocycles. The summed E-state index contributed by atoms with van der Waals surface area (Å²) in [6.07, 6.45) is 2.01. The molecule has 0 bridgehead atoms. The van der Waals surface area contributed by atoms with Gasteiger partial charge < -0.3 is 14.5 Å². The van der Waals surface area contributed by atoms with E-state index >= 15 is 0 Å². The van der Waals surface area contributed by atoms with Crippen LogP contribution in [0.1, 0.15) is 34.8 Å². The number of carbonyl (C=O) groups excluding carboxylic acids is 3. The second kappa shape index (κ2) is 9.58. The number of para-hydroxylation sites is 2. The van der Waals surface area contributed by atoms with Crippen molar-refractivity contribution in [3.05, 3.63) is 102 Å². The molecule has 3 aromatic carbocycles. The first-order valence-electron chi connectivity index (χ1n) is 12.4. The minimum absolute atomic E-state index is 0.0955. The second-order valence-electron chi connectivity index (χ2n) is 9.45. The van der Waals surface area contributed by atoms with Crippen molar-refractivity contribution >= 4 is 34.5 Å². The van der Waals surface area contributed by atoms with Gasteiger partial charge in [0.1, 0.15) is 0 Å². The summed E-state index contributed by atoms with van der Waals surface area (Å²) in [5.41, 5.74) is 1.86. The summed E-state index contributed by atoms with van der Waals surface area (Å²) in [5, 5.41) is 0.825. The van der Waals surface area contributed by atoms with E-state index in [1.54, 1.807) is 41.9 Å². The first kappa shape index (κ1) is 24.3. The van der Waals surface area contributed by atoms with Gasteiger partial charge in [-0.2, -0.15) is 0 Å². The van der Waals surface area contributed by atoms with Crippen molar-refractivity contribution in [2.45, 2.75) is 25.4 Å². The number of hydrogen-bond acceptors (Lipinski definition) is 4. The highest BCUT2D eigenvalue weighted by Crippen LogP contribution is 2.46. The Morgan fingerprint density at radius 3 is 2.32 bits per heavy atom. The maximum Gasteiger partial charge on any atom is 0.410 e. The Balaban J connectivity index is 1.68. The summed E-state index contributed by atoms with van der Waals surface area (Å²) in [4.78, 5) is 43.5. The number of benzene rings is 3. The van der Waals surface area contributed by atoms with Crippen LogP contribution in [0.15, 0.2) is 85.1 Å². The molecule has 7 nitrogen and oxygen atoms in total. The van der Waals surface area contributed by atoms with E-state index < -0.39 is 11.7 Å². The lowest BCUT2D eigenvalue weighted by atomic mass is 9.88. The van der Waals surface area contributed by atoms with Crippen molar-refractivity contribution in [2.24, 2.45) is 0 Å². The summed E-state index contributed by atoms with van der Waals surface area (Å²) < 4.78 is 7.69. The number of amides is 2. The summed E-state index contributed by atoms with van der Waals surface area (Å²) in [7, 11) is 3.19. The minimum Gasteiger partial charge on any atom is -0.427 e. The fraction of sp³-hybridized carbons (Fsp3) is 0.233. The maximum atomic E-state index is 14.1. The van der Waals surface area contributed by atoms with Gasteiger partial charge in [-0.25, -0.2) is 4.79 Å². The highest BCUT2D eigenvalue weighted by molar-refractivity contribution is 6.09. The molecule has 1 aromatic heterocycles. The van der Waals surface area contributed by atoms with Gasteiger partial charge in [0.15, 0.2) is 0 Å². The predicted octanol–water partition coefficient (Wildman–Crippen LogP) is 5.22. The number of carbonyl (C=O) groups is 3. The van der Waals surface area contributed by atoms with Crippen molar-refractivity contribution in [1.29, 1.82) is 0 Å². The molecule has 5 rings (SSSR count). The van der Waals surface area contributed by atoms with Gasteiger partial charge in [-0.05, 0) is 36.2 Å². The second-order valence-corrected chi connectivity index (χ2v) is 9.45. The van der Waals surface area contributed by atoms with E-state index in [-0.39, 0.29) is 18.2 Å². The molecule has 0 spiro atoms. The Labute approximate surface area is 215 Å². The zero-order chi connectivity index (χ0) is 26.2. The van der Waals surface area contributed by atoms with Crippen LogP contribution in [-0.4, -0.2) is 48.0 Å². The molecular weight excluding hydrogens is 466 g/mol. The van der Waals surface area contributed by atoms with Gasteiger partial charge in [0.25, 0.3) is 11.8 Å². The van der Waals surface area contributed by atoms with Crippen LogP contribution in [0.4, 0.5) is 10.5 Å². The van der Waals surface area contributed by atoms with Crippen molar-refractivity contribution in [2.75, 3.05) is 25.5 Å². The van der Waals surface area contributed by atoms with Crippen LogP contribution in [0, 0.1) is 0 Å². The molecule has 0 saturated heterocycles. The number of anilines is 1. The third kappa shape index (κ3) is 4.06. The SMILES string of the molecule is CCCN1C(=O)C(Cc2cn(C(=O)c3ccccc3)c3ccccc23)(OC(=O)N(C)C)c2ccccc21. The standard InChI is InChI=1S/C30H29N3O4/c1-4-18-32-26-17-11-9-15-24(26)30(28(32)35,37-29(36)31(2)3)19-22-20-33(25-16-10-8-14-23(22)25)27(34)21-12-6-5-7-13-21/h5-17,20H,4,18-19H2,1-3H3. The van der Waals surface area contributed by atoms with E-state index in [1.165, 1.54) is 4.90 Å². The summed E-state index contributed by atoms with van der Waals surface area (Å²) in [6, 6.07) is 24.1.